The van der Waals surface area contributed by atoms with Crippen molar-refractivity contribution in [1.82, 2.24) is 5.32 Å². The van der Waals surface area contributed by atoms with E-state index >= 15 is 0 Å². The van der Waals surface area contributed by atoms with Gasteiger partial charge in [0.15, 0.2) is 0 Å². The highest BCUT2D eigenvalue weighted by Crippen LogP contribution is 2.07. The second kappa shape index (κ2) is 3.74. The van der Waals surface area contributed by atoms with E-state index in [0.717, 1.165) is 0 Å². The number of amides is 1. The lowest BCUT2D eigenvalue weighted by Crippen LogP contribution is -3.22. The summed E-state index contributed by atoms with van der Waals surface area (Å²) in [7, 11) is 0. The average molecular weight is 202 g/mol. The van der Waals surface area contributed by atoms with E-state index in [-0.39, 0.29) is 17.1 Å². The summed E-state index contributed by atoms with van der Waals surface area (Å²) in [6, 6.07) is -0.111. The van der Waals surface area contributed by atoms with Gasteiger partial charge >= 0.3 is 6.09 Å². The Morgan fingerprint density at radius 1 is 1.57 bits per heavy atom. The minimum absolute atomic E-state index is 0.0441. The molecule has 1 heterocycles. The molecule has 2 N–H and O–H groups in total. The van der Waals surface area contributed by atoms with Crippen LogP contribution in [-0.4, -0.2) is 30.3 Å². The van der Waals surface area contributed by atoms with Gasteiger partial charge in [0.25, 0.3) is 0 Å². The molecule has 5 nitrogen and oxygen atoms in total. The summed E-state index contributed by atoms with van der Waals surface area (Å²) in [5.41, 5.74) is -0.485. The van der Waals surface area contributed by atoms with Gasteiger partial charge in [0.05, 0.1) is 0 Å². The van der Waals surface area contributed by atoms with Crippen molar-refractivity contribution >= 4 is 6.09 Å². The molecule has 1 aliphatic heterocycles. The zero-order valence-corrected chi connectivity index (χ0v) is 9.09. The molecular formula is C9H18N2O3. The van der Waals surface area contributed by atoms with Crippen LogP contribution in [0.25, 0.3) is 0 Å². The molecule has 2 unspecified atom stereocenters. The Morgan fingerprint density at radius 3 is 2.50 bits per heavy atom. The van der Waals surface area contributed by atoms with Crippen molar-refractivity contribution in [1.29, 1.82) is 0 Å². The molecule has 1 rings (SSSR count). The summed E-state index contributed by atoms with van der Waals surface area (Å²) < 4.78 is 5.07. The summed E-state index contributed by atoms with van der Waals surface area (Å²) in [4.78, 5) is 11.3. The molecule has 0 radical (unpaired) electrons. The van der Waals surface area contributed by atoms with Crippen molar-refractivity contribution in [3.05, 3.63) is 5.21 Å². The van der Waals surface area contributed by atoms with Crippen LogP contribution in [0, 0.1) is 5.21 Å². The van der Waals surface area contributed by atoms with Crippen LogP contribution in [0.15, 0.2) is 0 Å². The first kappa shape index (κ1) is 11.3. The number of ether oxygens (including phenoxy) is 1. The molecule has 5 heteroatoms. The average Bonchev–Trinajstić information content (AvgIpc) is 2.00. The molecule has 1 saturated heterocycles. The lowest BCUT2D eigenvalue weighted by Gasteiger charge is -2.45. The fourth-order valence-corrected chi connectivity index (χ4v) is 1.28. The van der Waals surface area contributed by atoms with Gasteiger partial charge in [0, 0.05) is 0 Å². The number of hydroxylamine groups is 2. The maximum Gasteiger partial charge on any atom is 0.408 e. The molecule has 0 spiro atoms. The van der Waals surface area contributed by atoms with Crippen molar-refractivity contribution in [3.8, 4) is 0 Å². The Morgan fingerprint density at radius 2 is 2.14 bits per heavy atom. The van der Waals surface area contributed by atoms with Crippen molar-refractivity contribution in [2.45, 2.75) is 45.4 Å². The third-order valence-electron chi connectivity index (χ3n) is 2.23. The summed E-state index contributed by atoms with van der Waals surface area (Å²) in [6.45, 7) is 7.67. The molecule has 0 aliphatic carbocycles. The van der Waals surface area contributed by atoms with Gasteiger partial charge in [-0.05, 0) is 27.7 Å². The largest absolute Gasteiger partial charge is 0.634 e. The number of carbonyl (C=O) groups is 1. The lowest BCUT2D eigenvalue weighted by atomic mass is 10.0. The lowest BCUT2D eigenvalue weighted by molar-refractivity contribution is -0.921. The molecular weight excluding hydrogens is 184 g/mol. The fourth-order valence-electron chi connectivity index (χ4n) is 1.28. The van der Waals surface area contributed by atoms with Crippen LogP contribution in [0.4, 0.5) is 4.79 Å². The van der Waals surface area contributed by atoms with Crippen LogP contribution in [0.2, 0.25) is 0 Å². The summed E-state index contributed by atoms with van der Waals surface area (Å²) in [5.74, 6) is 0. The second-order valence-electron chi connectivity index (χ2n) is 4.71. The van der Waals surface area contributed by atoms with E-state index in [1.807, 2.05) is 27.7 Å². The maximum atomic E-state index is 11.3. The molecule has 14 heavy (non-hydrogen) atoms. The predicted octanol–water partition coefficient (Wildman–Crippen LogP) is -0.335. The van der Waals surface area contributed by atoms with E-state index in [1.54, 1.807) is 0 Å². The van der Waals surface area contributed by atoms with Crippen LogP contribution in [0.1, 0.15) is 27.7 Å². The first-order valence-corrected chi connectivity index (χ1v) is 4.82. The minimum Gasteiger partial charge on any atom is -0.634 e. The molecule has 82 valence electrons. The Labute approximate surface area is 84.0 Å². The molecule has 0 bridgehead atoms. The maximum absolute atomic E-state index is 11.3. The minimum atomic E-state index is -0.485. The van der Waals surface area contributed by atoms with Gasteiger partial charge in [-0.1, -0.05) is 0 Å². The zero-order valence-electron chi connectivity index (χ0n) is 9.09. The van der Waals surface area contributed by atoms with E-state index in [2.05, 4.69) is 5.32 Å². The Balaban J connectivity index is 2.29. The van der Waals surface area contributed by atoms with Gasteiger partial charge in [-0.15, -0.1) is 0 Å². The molecule has 0 aromatic heterocycles. The molecule has 1 fully saturated rings. The van der Waals surface area contributed by atoms with E-state index in [0.29, 0.717) is 6.54 Å². The van der Waals surface area contributed by atoms with E-state index < -0.39 is 11.7 Å². The molecule has 1 aliphatic rings. The third-order valence-corrected chi connectivity index (χ3v) is 2.23. The first-order valence-electron chi connectivity index (χ1n) is 4.82. The predicted molar refractivity (Wildman–Crippen MR) is 51.8 cm³/mol. The molecule has 3 atom stereocenters. The number of rotatable bonds is 1. The SMILES string of the molecule is CC1[C@@H](NC(=O)OC(C)(C)C)C[NH+]1[O-]. The number of alkyl carbamates (subject to hydrolysis) is 1. The zero-order chi connectivity index (χ0) is 10.9. The van der Waals surface area contributed by atoms with Gasteiger partial charge in [0.2, 0.25) is 0 Å². The van der Waals surface area contributed by atoms with Crippen LogP contribution >= 0.6 is 0 Å². The molecule has 0 saturated carbocycles. The highest BCUT2D eigenvalue weighted by atomic mass is 16.6. The monoisotopic (exact) mass is 202 g/mol. The van der Waals surface area contributed by atoms with Crippen molar-refractivity contribution in [3.63, 3.8) is 0 Å². The van der Waals surface area contributed by atoms with E-state index in [9.17, 15) is 10.0 Å². The number of hydrogen-bond acceptors (Lipinski definition) is 3. The van der Waals surface area contributed by atoms with Gasteiger partial charge in [-0.2, -0.15) is 0 Å². The van der Waals surface area contributed by atoms with Crippen LogP contribution < -0.4 is 10.4 Å². The van der Waals surface area contributed by atoms with Crippen LogP contribution in [-0.2, 0) is 4.74 Å². The standard InChI is InChI=1S/C9H18N2O3/c1-6-7(5-11(6)13)10-8(12)14-9(2,3)4/h6-7,11H,5H2,1-4H3,(H,10,12)/t6?,7-/m0/s1. The highest BCUT2D eigenvalue weighted by Gasteiger charge is 2.37. The number of nitrogens with one attached hydrogen (secondary N) is 2. The highest BCUT2D eigenvalue weighted by molar-refractivity contribution is 5.68. The number of hydrogen-bond donors (Lipinski definition) is 2. The van der Waals surface area contributed by atoms with Crippen LogP contribution in [0.3, 0.4) is 0 Å². The topological polar surface area (TPSA) is 65.8 Å². The molecule has 0 aromatic carbocycles. The molecule has 1 amide bonds. The smallest absolute Gasteiger partial charge is 0.408 e. The van der Waals surface area contributed by atoms with Crippen molar-refractivity contribution < 1.29 is 14.6 Å². The Bertz CT molecular complexity index is 225. The van der Waals surface area contributed by atoms with Gasteiger partial charge in [-0.3, -0.25) is 0 Å². The third kappa shape index (κ3) is 2.85. The quantitative estimate of drug-likeness (QED) is 0.572. The number of quaternary nitrogens is 1. The second-order valence-corrected chi connectivity index (χ2v) is 4.71. The van der Waals surface area contributed by atoms with Gasteiger partial charge < -0.3 is 20.3 Å². The molecule has 0 aromatic rings. The van der Waals surface area contributed by atoms with Gasteiger partial charge in [0.1, 0.15) is 24.2 Å². The van der Waals surface area contributed by atoms with Gasteiger partial charge in [-0.25, -0.2) is 4.79 Å². The van der Waals surface area contributed by atoms with Crippen molar-refractivity contribution in [2.24, 2.45) is 0 Å². The van der Waals surface area contributed by atoms with Crippen molar-refractivity contribution in [2.75, 3.05) is 6.54 Å². The summed E-state index contributed by atoms with van der Waals surface area (Å²) in [6.07, 6.45) is -0.443. The summed E-state index contributed by atoms with van der Waals surface area (Å²) in [5, 5.41) is 13.8. The number of carbonyl (C=O) groups excluding carboxylic acids is 1. The van der Waals surface area contributed by atoms with E-state index in [1.165, 1.54) is 0 Å². The van der Waals surface area contributed by atoms with E-state index in [4.69, 9.17) is 4.74 Å². The normalized spacial score (nSPS) is 31.9. The van der Waals surface area contributed by atoms with Crippen LogP contribution in [0.5, 0.6) is 0 Å². The summed E-state index contributed by atoms with van der Waals surface area (Å²) >= 11 is 0. The Kier molecular flexibility index (Phi) is 3.01. The Hall–Kier alpha value is -0.810. The first-order chi connectivity index (χ1) is 6.29. The fraction of sp³-hybridized carbons (Fsp3) is 0.889.